The van der Waals surface area contributed by atoms with Gasteiger partial charge in [0, 0.05) is 30.3 Å². The quantitative estimate of drug-likeness (QED) is 0.438. The number of ether oxygens (including phenoxy) is 1. The van der Waals surface area contributed by atoms with Crippen LogP contribution in [0.25, 0.3) is 0 Å². The summed E-state index contributed by atoms with van der Waals surface area (Å²) in [5.74, 6) is 3.67. The average molecular weight is 441 g/mol. The highest BCUT2D eigenvalue weighted by Crippen LogP contribution is 2.56. The Labute approximate surface area is 187 Å². The number of aromatic nitrogens is 4. The molecule has 4 fully saturated rings. The Morgan fingerprint density at radius 2 is 2.03 bits per heavy atom. The molecule has 0 amide bonds. The van der Waals surface area contributed by atoms with Gasteiger partial charge in [-0.15, -0.1) is 0 Å². The monoisotopic (exact) mass is 440 g/mol. The van der Waals surface area contributed by atoms with E-state index >= 15 is 0 Å². The highest BCUT2D eigenvalue weighted by Gasteiger charge is 2.54. The van der Waals surface area contributed by atoms with Crippen molar-refractivity contribution in [1.82, 2.24) is 20.2 Å². The summed E-state index contributed by atoms with van der Waals surface area (Å²) in [4.78, 5) is 20.3. The summed E-state index contributed by atoms with van der Waals surface area (Å²) in [6, 6.07) is 3.89. The van der Waals surface area contributed by atoms with Crippen LogP contribution in [0.4, 0.5) is 17.6 Å². The van der Waals surface area contributed by atoms with E-state index in [0.29, 0.717) is 54.1 Å². The Balaban J connectivity index is 1.39. The number of aryl methyl sites for hydroxylation is 1. The third-order valence-electron chi connectivity index (χ3n) is 7.30. The maximum atomic E-state index is 11.0. The smallest absolute Gasteiger partial charge is 0.228 e. The molecule has 32 heavy (non-hydrogen) atoms. The lowest BCUT2D eigenvalue weighted by Crippen LogP contribution is -2.59. The lowest BCUT2D eigenvalue weighted by atomic mass is 9.52. The van der Waals surface area contributed by atoms with E-state index in [-0.39, 0.29) is 12.1 Å². The number of aliphatic hydroxyl groups is 1. The van der Waals surface area contributed by atoms with Crippen molar-refractivity contribution in [2.45, 2.75) is 76.5 Å². The van der Waals surface area contributed by atoms with Crippen LogP contribution in [-0.4, -0.2) is 49.3 Å². The summed E-state index contributed by atoms with van der Waals surface area (Å²) in [5, 5.41) is 24.8. The number of hydrogen-bond acceptors (Lipinski definition) is 8. The first-order valence-electron chi connectivity index (χ1n) is 11.7. The molecule has 0 spiro atoms. The Hall–Kier alpha value is -2.68. The fourth-order valence-electron chi connectivity index (χ4n) is 6.17. The molecule has 0 radical (unpaired) electrons. The molecule has 6 rings (SSSR count). The lowest BCUT2D eigenvalue weighted by Gasteiger charge is -2.58. The van der Waals surface area contributed by atoms with Crippen molar-refractivity contribution in [1.29, 1.82) is 0 Å². The second-order valence-corrected chi connectivity index (χ2v) is 9.89. The van der Waals surface area contributed by atoms with Gasteiger partial charge in [-0.3, -0.25) is 5.10 Å². The highest BCUT2D eigenvalue weighted by molar-refractivity contribution is 5.55. The predicted octanol–water partition coefficient (Wildman–Crippen LogP) is 3.35. The predicted molar refractivity (Wildman–Crippen MR) is 120 cm³/mol. The molecular formula is C23H32N6O3. The van der Waals surface area contributed by atoms with Crippen molar-refractivity contribution in [3.05, 3.63) is 17.8 Å². The van der Waals surface area contributed by atoms with Crippen LogP contribution < -0.4 is 15.4 Å². The van der Waals surface area contributed by atoms with Crippen LogP contribution >= 0.6 is 0 Å². The van der Waals surface area contributed by atoms with Crippen molar-refractivity contribution in [2.75, 3.05) is 10.6 Å². The largest absolute Gasteiger partial charge is 0.474 e. The van der Waals surface area contributed by atoms with Gasteiger partial charge in [-0.25, -0.2) is 0 Å². The number of aromatic amines is 1. The van der Waals surface area contributed by atoms with Gasteiger partial charge in [-0.1, -0.05) is 6.92 Å². The van der Waals surface area contributed by atoms with Crippen LogP contribution in [0.3, 0.4) is 0 Å². The van der Waals surface area contributed by atoms with Gasteiger partial charge < -0.3 is 25.3 Å². The average Bonchev–Trinajstić information content (AvgIpc) is 3.13. The van der Waals surface area contributed by atoms with E-state index in [1.54, 1.807) is 6.07 Å². The molecular weight excluding hydrogens is 408 g/mol. The molecule has 4 bridgehead atoms. The van der Waals surface area contributed by atoms with Crippen LogP contribution in [0.15, 0.2) is 12.1 Å². The topological polar surface area (TPSA) is 125 Å². The standard InChI is InChI=1S/C23H32N6O3/c1-3-17(4-5-30)32-20-9-18(24-19-6-13(2)28-29-19)25-22(26-20)27-21-15-7-14-8-16(21)12-23(31,10-14)11-15/h5-6,9,14-17,21,31H,3-4,7-8,10-12H2,1-2H3,(H3,24,25,26,27,28,29)/t14?,15?,16?,17-,21?,23?/m1/s1. The van der Waals surface area contributed by atoms with Crippen molar-refractivity contribution in [2.24, 2.45) is 17.8 Å². The van der Waals surface area contributed by atoms with Gasteiger partial charge in [-0.2, -0.15) is 15.1 Å². The Bertz CT molecular complexity index is 962. The van der Waals surface area contributed by atoms with Crippen molar-refractivity contribution >= 4 is 23.9 Å². The van der Waals surface area contributed by atoms with E-state index in [1.807, 2.05) is 19.9 Å². The van der Waals surface area contributed by atoms with Gasteiger partial charge in [-0.05, 0) is 63.2 Å². The summed E-state index contributed by atoms with van der Waals surface area (Å²) >= 11 is 0. The van der Waals surface area contributed by atoms with E-state index in [4.69, 9.17) is 4.74 Å². The molecule has 0 aromatic carbocycles. The zero-order valence-corrected chi connectivity index (χ0v) is 18.7. The van der Waals surface area contributed by atoms with Gasteiger partial charge in [0.05, 0.1) is 5.60 Å². The van der Waals surface area contributed by atoms with Crippen LogP contribution in [-0.2, 0) is 4.79 Å². The van der Waals surface area contributed by atoms with Gasteiger partial charge in [0.1, 0.15) is 18.2 Å². The SMILES string of the molecule is CC[C@H](CC=O)Oc1cc(Nc2cc(C)[nH]n2)nc(NC2C3CC4CC2CC(O)(C4)C3)n1. The van der Waals surface area contributed by atoms with E-state index in [1.165, 1.54) is 0 Å². The molecule has 4 aliphatic rings. The number of anilines is 3. The molecule has 9 heteroatoms. The summed E-state index contributed by atoms with van der Waals surface area (Å²) in [5.41, 5.74) is 0.466. The molecule has 2 heterocycles. The number of aldehydes is 1. The molecule has 2 aromatic rings. The lowest BCUT2D eigenvalue weighted by molar-refractivity contribution is -0.129. The molecule has 4 N–H and O–H groups in total. The number of hydrogen-bond donors (Lipinski definition) is 4. The molecule has 2 unspecified atom stereocenters. The van der Waals surface area contributed by atoms with Gasteiger partial charge >= 0.3 is 0 Å². The zero-order valence-electron chi connectivity index (χ0n) is 18.7. The summed E-state index contributed by atoms with van der Waals surface area (Å²) in [6.07, 6.45) is 6.63. The van der Waals surface area contributed by atoms with E-state index in [9.17, 15) is 9.90 Å². The van der Waals surface area contributed by atoms with Crippen LogP contribution in [0.2, 0.25) is 0 Å². The number of nitrogens with zero attached hydrogens (tertiary/aromatic N) is 3. The summed E-state index contributed by atoms with van der Waals surface area (Å²) in [7, 11) is 0. The summed E-state index contributed by atoms with van der Waals surface area (Å²) < 4.78 is 6.02. The molecule has 0 saturated heterocycles. The fourth-order valence-corrected chi connectivity index (χ4v) is 6.17. The highest BCUT2D eigenvalue weighted by atomic mass is 16.5. The number of rotatable bonds is 9. The first kappa shape index (κ1) is 21.2. The molecule has 3 atom stereocenters. The van der Waals surface area contributed by atoms with Crippen molar-refractivity contribution in [3.8, 4) is 5.88 Å². The minimum Gasteiger partial charge on any atom is -0.474 e. The van der Waals surface area contributed by atoms with Crippen molar-refractivity contribution in [3.63, 3.8) is 0 Å². The third-order valence-corrected chi connectivity index (χ3v) is 7.30. The Morgan fingerprint density at radius 1 is 1.25 bits per heavy atom. The molecule has 0 aliphatic heterocycles. The second kappa shape index (κ2) is 8.35. The minimum absolute atomic E-state index is 0.230. The number of nitrogens with one attached hydrogen (secondary N) is 3. The van der Waals surface area contributed by atoms with E-state index in [2.05, 4.69) is 30.8 Å². The molecule has 4 aliphatic carbocycles. The minimum atomic E-state index is -0.478. The first-order valence-corrected chi connectivity index (χ1v) is 11.7. The zero-order chi connectivity index (χ0) is 22.3. The van der Waals surface area contributed by atoms with E-state index in [0.717, 1.165) is 44.1 Å². The normalized spacial score (nSPS) is 31.3. The molecule has 2 aromatic heterocycles. The van der Waals surface area contributed by atoms with Crippen LogP contribution in [0, 0.1) is 24.7 Å². The Morgan fingerprint density at radius 3 is 2.66 bits per heavy atom. The van der Waals surface area contributed by atoms with Gasteiger partial charge in [0.2, 0.25) is 11.8 Å². The maximum absolute atomic E-state index is 11.0. The number of carbonyl (C=O) groups excluding carboxylic acids is 1. The maximum Gasteiger partial charge on any atom is 0.228 e. The van der Waals surface area contributed by atoms with Gasteiger partial charge in [0.25, 0.3) is 0 Å². The molecule has 172 valence electrons. The molecule has 9 nitrogen and oxygen atoms in total. The summed E-state index contributed by atoms with van der Waals surface area (Å²) in [6.45, 7) is 3.92. The fraction of sp³-hybridized carbons (Fsp3) is 0.652. The molecule has 4 saturated carbocycles. The number of H-pyrrole nitrogens is 1. The van der Waals surface area contributed by atoms with Crippen LogP contribution in [0.5, 0.6) is 5.88 Å². The third kappa shape index (κ3) is 4.30. The number of carbonyl (C=O) groups is 1. The Kier molecular flexibility index (Phi) is 5.53. The van der Waals surface area contributed by atoms with E-state index < -0.39 is 5.60 Å². The van der Waals surface area contributed by atoms with Gasteiger partial charge in [0.15, 0.2) is 5.82 Å². The first-order chi connectivity index (χ1) is 15.4. The van der Waals surface area contributed by atoms with Crippen molar-refractivity contribution < 1.29 is 14.6 Å². The second-order valence-electron chi connectivity index (χ2n) is 9.89. The van der Waals surface area contributed by atoms with Crippen LogP contribution in [0.1, 0.15) is 57.6 Å².